The Morgan fingerprint density at radius 2 is 2.00 bits per heavy atom. The van der Waals surface area contributed by atoms with Crippen molar-refractivity contribution < 1.29 is 27.5 Å². The van der Waals surface area contributed by atoms with E-state index in [1.54, 1.807) is 24.3 Å². The van der Waals surface area contributed by atoms with Gasteiger partial charge in [0, 0.05) is 30.8 Å². The van der Waals surface area contributed by atoms with Crippen LogP contribution in [-0.2, 0) is 18.0 Å². The van der Waals surface area contributed by atoms with E-state index in [-0.39, 0.29) is 11.7 Å². The minimum absolute atomic E-state index is 0.212. The first-order valence-electron chi connectivity index (χ1n) is 9.25. The molecule has 4 rings (SSSR count). The molecule has 1 N–H and O–H groups in total. The van der Waals surface area contributed by atoms with Gasteiger partial charge >= 0.3 is 12.2 Å². The summed E-state index contributed by atoms with van der Waals surface area (Å²) in [6.45, 7) is 0. The van der Waals surface area contributed by atoms with E-state index >= 15 is 0 Å². The van der Waals surface area contributed by atoms with Crippen LogP contribution >= 0.6 is 0 Å². The van der Waals surface area contributed by atoms with E-state index in [9.17, 15) is 22.8 Å². The second-order valence-corrected chi connectivity index (χ2v) is 6.64. The Kier molecular flexibility index (Phi) is 5.60. The van der Waals surface area contributed by atoms with E-state index in [2.05, 4.69) is 25.4 Å². The van der Waals surface area contributed by atoms with Crippen LogP contribution in [0.15, 0.2) is 53.9 Å². The molecule has 0 saturated carbocycles. The molecule has 0 aliphatic carbocycles. The van der Waals surface area contributed by atoms with E-state index in [0.717, 1.165) is 13.1 Å². The third-order valence-electron chi connectivity index (χ3n) is 4.44. The number of nitrogens with one attached hydrogen (secondary N) is 1. The van der Waals surface area contributed by atoms with Crippen LogP contribution in [0.1, 0.15) is 11.4 Å². The fourth-order valence-corrected chi connectivity index (χ4v) is 3.03. The van der Waals surface area contributed by atoms with Gasteiger partial charge in [0.15, 0.2) is 5.82 Å². The zero-order valence-corrected chi connectivity index (χ0v) is 16.8. The summed E-state index contributed by atoms with van der Waals surface area (Å²) >= 11 is 0. The van der Waals surface area contributed by atoms with E-state index in [1.807, 2.05) is 0 Å². The predicted molar refractivity (Wildman–Crippen MR) is 110 cm³/mol. The highest BCUT2D eigenvalue weighted by Gasteiger charge is 2.35. The molecule has 0 spiro atoms. The molecule has 0 unspecified atom stereocenters. The molecule has 0 radical (unpaired) electrons. The molecule has 0 bridgehead atoms. The summed E-state index contributed by atoms with van der Waals surface area (Å²) in [5.41, 5.74) is -0.116. The van der Waals surface area contributed by atoms with Gasteiger partial charge < -0.3 is 4.74 Å². The highest BCUT2D eigenvalue weighted by atomic mass is 19.4. The van der Waals surface area contributed by atoms with Gasteiger partial charge in [0.2, 0.25) is 12.3 Å². The first kappa shape index (κ1) is 21.7. The number of carbonyl (C=O) groups is 2. The van der Waals surface area contributed by atoms with Crippen molar-refractivity contribution >= 4 is 35.4 Å². The van der Waals surface area contributed by atoms with Gasteiger partial charge in [-0.1, -0.05) is 0 Å². The monoisotopic (exact) mass is 457 g/mol. The topological polar surface area (TPSA) is 116 Å². The number of nitrogens with zero attached hydrogens (tertiary/aromatic N) is 6. The van der Waals surface area contributed by atoms with Crippen LogP contribution in [0, 0.1) is 0 Å². The molecule has 13 heteroatoms. The molecule has 0 aliphatic rings. The van der Waals surface area contributed by atoms with Crippen LogP contribution in [-0.4, -0.2) is 43.0 Å². The number of ether oxygens (including phenoxy) is 1. The van der Waals surface area contributed by atoms with Crippen molar-refractivity contribution in [3.63, 3.8) is 0 Å². The molecule has 4 aromatic rings. The van der Waals surface area contributed by atoms with Gasteiger partial charge in [0.1, 0.15) is 17.8 Å². The molecule has 10 nitrogen and oxygen atoms in total. The molecule has 0 fully saturated rings. The number of halogens is 3. The Balaban J connectivity index is 1.53. The average Bonchev–Trinajstić information content (AvgIpc) is 3.35. The normalized spacial score (nSPS) is 11.8. The molecule has 0 aliphatic heterocycles. The number of hydrogen-bond acceptors (Lipinski definition) is 6. The summed E-state index contributed by atoms with van der Waals surface area (Å²) in [7, 11) is 1.14. The molecular weight excluding hydrogens is 443 g/mol. The number of aryl methyl sites for hydroxylation is 1. The Hall–Kier alpha value is -4.55. The van der Waals surface area contributed by atoms with Gasteiger partial charge in [0.25, 0.3) is 0 Å². The highest BCUT2D eigenvalue weighted by molar-refractivity contribution is 5.98. The van der Waals surface area contributed by atoms with E-state index in [4.69, 9.17) is 4.74 Å². The first-order valence-corrected chi connectivity index (χ1v) is 9.25. The van der Waals surface area contributed by atoms with Crippen LogP contribution < -0.4 is 10.1 Å². The van der Waals surface area contributed by atoms with Gasteiger partial charge in [-0.25, -0.2) is 19.8 Å². The van der Waals surface area contributed by atoms with Crippen molar-refractivity contribution in [2.24, 2.45) is 12.0 Å². The van der Waals surface area contributed by atoms with Gasteiger partial charge in [-0.3, -0.25) is 19.4 Å². The number of aliphatic imine (C=N–C) groups is 1. The lowest BCUT2D eigenvalue weighted by molar-refractivity contribution is -0.143. The van der Waals surface area contributed by atoms with Crippen molar-refractivity contribution in [3.8, 4) is 11.6 Å². The second kappa shape index (κ2) is 8.53. The number of benzene rings is 1. The standard InChI is InChI=1S/C20H14F3N7O3/c1-29-16(20(21,22)23)8-17(28-29)27-19(32)30-5-4-12-6-14(2-3-15(12)30)33-18-7-13(9-24-11-31)25-10-26-18/h2-11H,1H3,(H,27,28,32)/b24-9-. The van der Waals surface area contributed by atoms with Gasteiger partial charge in [-0.15, -0.1) is 0 Å². The fourth-order valence-electron chi connectivity index (χ4n) is 3.03. The molecule has 3 heterocycles. The van der Waals surface area contributed by atoms with Gasteiger partial charge in [-0.05, 0) is 24.3 Å². The third-order valence-corrected chi connectivity index (χ3v) is 4.44. The fraction of sp³-hybridized carbons (Fsp3) is 0.100. The Bertz CT molecular complexity index is 1370. The van der Waals surface area contributed by atoms with E-state index in [1.165, 1.54) is 29.4 Å². The largest absolute Gasteiger partial charge is 0.439 e. The SMILES string of the molecule is Cn1nc(NC(=O)n2ccc3cc(Oc4cc(/C=N\C=O)ncn4)ccc32)cc1C(F)(F)F. The van der Waals surface area contributed by atoms with Crippen molar-refractivity contribution in [1.29, 1.82) is 0 Å². The van der Waals surface area contributed by atoms with Crippen LogP contribution in [0.3, 0.4) is 0 Å². The zero-order chi connectivity index (χ0) is 23.6. The lowest BCUT2D eigenvalue weighted by Crippen LogP contribution is -2.18. The van der Waals surface area contributed by atoms with Crippen LogP contribution in [0.4, 0.5) is 23.8 Å². The quantitative estimate of drug-likeness (QED) is 0.361. The first-order chi connectivity index (χ1) is 15.7. The lowest BCUT2D eigenvalue weighted by Gasteiger charge is -2.07. The van der Waals surface area contributed by atoms with Crippen LogP contribution in [0.2, 0.25) is 0 Å². The molecule has 3 aromatic heterocycles. The maximum Gasteiger partial charge on any atom is 0.433 e. The summed E-state index contributed by atoms with van der Waals surface area (Å²) in [6, 6.07) is 8.06. The number of amides is 2. The third kappa shape index (κ3) is 4.71. The minimum atomic E-state index is -4.59. The zero-order valence-electron chi connectivity index (χ0n) is 16.8. The maximum atomic E-state index is 12.9. The van der Waals surface area contributed by atoms with Crippen molar-refractivity contribution in [2.75, 3.05) is 5.32 Å². The Labute approximate surface area is 183 Å². The average molecular weight is 457 g/mol. The molecule has 2 amide bonds. The highest BCUT2D eigenvalue weighted by Crippen LogP contribution is 2.30. The van der Waals surface area contributed by atoms with Gasteiger partial charge in [-0.2, -0.15) is 18.3 Å². The van der Waals surface area contributed by atoms with E-state index < -0.39 is 17.9 Å². The van der Waals surface area contributed by atoms with Crippen LogP contribution in [0.5, 0.6) is 11.6 Å². The molecule has 33 heavy (non-hydrogen) atoms. The van der Waals surface area contributed by atoms with E-state index in [0.29, 0.717) is 33.4 Å². The number of fused-ring (bicyclic) bond motifs is 1. The number of aromatic nitrogens is 5. The molecule has 1 aromatic carbocycles. The summed E-state index contributed by atoms with van der Waals surface area (Å²) in [5, 5.41) is 6.67. The number of rotatable bonds is 5. The molecule has 0 saturated heterocycles. The van der Waals surface area contributed by atoms with Crippen molar-refractivity contribution in [2.45, 2.75) is 6.18 Å². The molecule has 0 atom stereocenters. The summed E-state index contributed by atoms with van der Waals surface area (Å²) in [4.78, 5) is 34.3. The number of alkyl halides is 3. The number of carbonyl (C=O) groups excluding carboxylic acids is 2. The second-order valence-electron chi connectivity index (χ2n) is 6.64. The summed E-state index contributed by atoms with van der Waals surface area (Å²) in [6.07, 6.45) is -0.241. The van der Waals surface area contributed by atoms with Gasteiger partial charge in [0.05, 0.1) is 17.4 Å². The summed E-state index contributed by atoms with van der Waals surface area (Å²) in [5.74, 6) is 0.399. The Morgan fingerprint density at radius 3 is 2.73 bits per heavy atom. The molecular formula is C20H14F3N7O3. The summed E-state index contributed by atoms with van der Waals surface area (Å²) < 4.78 is 46.4. The van der Waals surface area contributed by atoms with Crippen LogP contribution in [0.25, 0.3) is 10.9 Å². The Morgan fingerprint density at radius 1 is 1.18 bits per heavy atom. The van der Waals surface area contributed by atoms with Crippen molar-refractivity contribution in [3.05, 3.63) is 60.3 Å². The maximum absolute atomic E-state index is 12.9. The number of anilines is 1. The molecule has 168 valence electrons. The van der Waals surface area contributed by atoms with Crippen molar-refractivity contribution in [1.82, 2.24) is 24.3 Å². The smallest absolute Gasteiger partial charge is 0.433 e. The predicted octanol–water partition coefficient (Wildman–Crippen LogP) is 3.63. The lowest BCUT2D eigenvalue weighted by atomic mass is 10.2. The minimum Gasteiger partial charge on any atom is -0.439 e. The number of hydrogen-bond donors (Lipinski definition) is 1.